The SMILES string of the molecule is COC(C)(C)CNC(=O)c1ccc(F)cc1C#CCN. The molecule has 0 aliphatic carbocycles. The van der Waals surface area contributed by atoms with Gasteiger partial charge in [0.25, 0.3) is 5.91 Å². The van der Waals surface area contributed by atoms with Crippen LogP contribution >= 0.6 is 0 Å². The van der Waals surface area contributed by atoms with Crippen molar-refractivity contribution in [3.8, 4) is 11.8 Å². The van der Waals surface area contributed by atoms with E-state index in [1.807, 2.05) is 13.8 Å². The fraction of sp³-hybridized carbons (Fsp3) is 0.400. The van der Waals surface area contributed by atoms with Crippen LogP contribution in [0.15, 0.2) is 18.2 Å². The Morgan fingerprint density at radius 2 is 2.20 bits per heavy atom. The Labute approximate surface area is 118 Å². The number of carbonyl (C=O) groups excluding carboxylic acids is 1. The second kappa shape index (κ2) is 7.04. The molecule has 3 N–H and O–H groups in total. The molecule has 0 heterocycles. The van der Waals surface area contributed by atoms with Gasteiger partial charge >= 0.3 is 0 Å². The van der Waals surface area contributed by atoms with Gasteiger partial charge in [-0.3, -0.25) is 4.79 Å². The van der Waals surface area contributed by atoms with Crippen LogP contribution in [-0.2, 0) is 4.74 Å². The Morgan fingerprint density at radius 1 is 1.50 bits per heavy atom. The van der Waals surface area contributed by atoms with Crippen molar-refractivity contribution >= 4 is 5.91 Å². The van der Waals surface area contributed by atoms with Crippen LogP contribution in [-0.4, -0.2) is 31.7 Å². The van der Waals surface area contributed by atoms with Gasteiger partial charge < -0.3 is 15.8 Å². The molecule has 0 fully saturated rings. The van der Waals surface area contributed by atoms with Gasteiger partial charge in [0, 0.05) is 19.2 Å². The fourth-order valence-electron chi connectivity index (χ4n) is 1.42. The summed E-state index contributed by atoms with van der Waals surface area (Å²) in [4.78, 5) is 12.1. The highest BCUT2D eigenvalue weighted by molar-refractivity contribution is 5.96. The summed E-state index contributed by atoms with van der Waals surface area (Å²) in [6.45, 7) is 4.19. The van der Waals surface area contributed by atoms with Crippen LogP contribution < -0.4 is 11.1 Å². The third kappa shape index (κ3) is 4.65. The van der Waals surface area contributed by atoms with Crippen LogP contribution in [0.5, 0.6) is 0 Å². The predicted octanol–water partition coefficient (Wildman–Crippen LogP) is 1.29. The maximum atomic E-state index is 13.2. The van der Waals surface area contributed by atoms with E-state index in [1.54, 1.807) is 7.11 Å². The monoisotopic (exact) mass is 278 g/mol. The van der Waals surface area contributed by atoms with Crippen LogP contribution in [0.2, 0.25) is 0 Å². The molecule has 0 spiro atoms. The van der Waals surface area contributed by atoms with Crippen molar-refractivity contribution in [2.24, 2.45) is 5.73 Å². The molecule has 0 saturated heterocycles. The fourth-order valence-corrected chi connectivity index (χ4v) is 1.42. The normalized spacial score (nSPS) is 10.7. The summed E-state index contributed by atoms with van der Waals surface area (Å²) >= 11 is 0. The Morgan fingerprint density at radius 3 is 2.80 bits per heavy atom. The number of ether oxygens (including phenoxy) is 1. The molecule has 1 aromatic carbocycles. The van der Waals surface area contributed by atoms with Crippen molar-refractivity contribution in [2.75, 3.05) is 20.2 Å². The zero-order valence-corrected chi connectivity index (χ0v) is 11.9. The maximum Gasteiger partial charge on any atom is 0.252 e. The van der Waals surface area contributed by atoms with Crippen LogP contribution in [0, 0.1) is 17.7 Å². The molecule has 0 atom stereocenters. The number of nitrogens with one attached hydrogen (secondary N) is 1. The van der Waals surface area contributed by atoms with Gasteiger partial charge in [-0.1, -0.05) is 11.8 Å². The highest BCUT2D eigenvalue weighted by Crippen LogP contribution is 2.11. The van der Waals surface area contributed by atoms with Crippen LogP contribution in [0.1, 0.15) is 29.8 Å². The molecule has 1 rings (SSSR count). The summed E-state index contributed by atoms with van der Waals surface area (Å²) in [6, 6.07) is 3.86. The molecule has 0 aromatic heterocycles. The number of nitrogens with two attached hydrogens (primary N) is 1. The molecule has 20 heavy (non-hydrogen) atoms. The van der Waals surface area contributed by atoms with Crippen molar-refractivity contribution in [1.82, 2.24) is 5.32 Å². The van der Waals surface area contributed by atoms with Gasteiger partial charge in [0.15, 0.2) is 0 Å². The number of rotatable bonds is 4. The van der Waals surface area contributed by atoms with Crippen molar-refractivity contribution in [1.29, 1.82) is 0 Å². The van der Waals surface area contributed by atoms with Gasteiger partial charge in [-0.2, -0.15) is 0 Å². The summed E-state index contributed by atoms with van der Waals surface area (Å²) in [5.74, 6) is 4.55. The smallest absolute Gasteiger partial charge is 0.252 e. The van der Waals surface area contributed by atoms with Gasteiger partial charge in [-0.05, 0) is 32.0 Å². The van der Waals surface area contributed by atoms with Gasteiger partial charge in [-0.25, -0.2) is 4.39 Å². The topological polar surface area (TPSA) is 64.3 Å². The van der Waals surface area contributed by atoms with Crippen molar-refractivity contribution in [2.45, 2.75) is 19.4 Å². The van der Waals surface area contributed by atoms with Crippen molar-refractivity contribution < 1.29 is 13.9 Å². The van der Waals surface area contributed by atoms with Gasteiger partial charge in [-0.15, -0.1) is 0 Å². The van der Waals surface area contributed by atoms with E-state index in [2.05, 4.69) is 17.2 Å². The van der Waals surface area contributed by atoms with E-state index in [0.29, 0.717) is 17.7 Å². The summed E-state index contributed by atoms with van der Waals surface area (Å²) in [7, 11) is 1.57. The van der Waals surface area contributed by atoms with Crippen LogP contribution in [0.3, 0.4) is 0 Å². The summed E-state index contributed by atoms with van der Waals surface area (Å²) in [6.07, 6.45) is 0. The first-order valence-electron chi connectivity index (χ1n) is 6.21. The van der Waals surface area contributed by atoms with Gasteiger partial charge in [0.2, 0.25) is 0 Å². The van der Waals surface area contributed by atoms with Gasteiger partial charge in [0.05, 0.1) is 17.7 Å². The lowest BCUT2D eigenvalue weighted by molar-refractivity contribution is 0.0228. The first kappa shape index (κ1) is 16.2. The molecule has 1 aromatic rings. The first-order valence-corrected chi connectivity index (χ1v) is 6.21. The van der Waals surface area contributed by atoms with E-state index in [0.717, 1.165) is 0 Å². The van der Waals surface area contributed by atoms with Crippen LogP contribution in [0.25, 0.3) is 0 Å². The highest BCUT2D eigenvalue weighted by atomic mass is 19.1. The molecule has 0 aliphatic heterocycles. The minimum Gasteiger partial charge on any atom is -0.377 e. The Kier molecular flexibility index (Phi) is 5.68. The molecule has 4 nitrogen and oxygen atoms in total. The first-order chi connectivity index (χ1) is 9.39. The molecular formula is C15H19FN2O2. The van der Waals surface area contributed by atoms with E-state index in [9.17, 15) is 9.18 Å². The molecule has 0 bridgehead atoms. The molecule has 0 radical (unpaired) electrons. The second-order valence-electron chi connectivity index (χ2n) is 4.84. The number of methoxy groups -OCH3 is 1. The highest BCUT2D eigenvalue weighted by Gasteiger charge is 2.19. The number of carbonyl (C=O) groups is 1. The van der Waals surface area contributed by atoms with Crippen molar-refractivity contribution in [3.05, 3.63) is 35.1 Å². The minimum atomic E-state index is -0.473. The third-order valence-corrected chi connectivity index (χ3v) is 2.78. The maximum absolute atomic E-state index is 13.2. The standard InChI is InChI=1S/C15H19FN2O2/c1-15(2,20-3)10-18-14(19)13-7-6-12(16)9-11(13)5-4-8-17/h6-7,9H,8,10,17H2,1-3H3,(H,18,19). The largest absolute Gasteiger partial charge is 0.377 e. The number of halogens is 1. The van der Waals surface area contributed by atoms with E-state index in [4.69, 9.17) is 10.5 Å². The molecule has 1 amide bonds. The lowest BCUT2D eigenvalue weighted by atomic mass is 10.1. The van der Waals surface area contributed by atoms with E-state index >= 15 is 0 Å². The van der Waals surface area contributed by atoms with E-state index < -0.39 is 11.4 Å². The summed E-state index contributed by atoms with van der Waals surface area (Å²) in [5.41, 5.74) is 5.46. The van der Waals surface area contributed by atoms with Crippen LogP contribution in [0.4, 0.5) is 4.39 Å². The lowest BCUT2D eigenvalue weighted by Crippen LogP contribution is -2.39. The number of benzene rings is 1. The number of hydrogen-bond donors (Lipinski definition) is 2. The lowest BCUT2D eigenvalue weighted by Gasteiger charge is -2.23. The third-order valence-electron chi connectivity index (χ3n) is 2.78. The summed E-state index contributed by atoms with van der Waals surface area (Å²) < 4.78 is 18.4. The molecule has 0 unspecified atom stereocenters. The molecular weight excluding hydrogens is 259 g/mol. The van der Waals surface area contributed by atoms with Gasteiger partial charge in [0.1, 0.15) is 5.82 Å². The number of hydrogen-bond acceptors (Lipinski definition) is 3. The predicted molar refractivity (Wildman–Crippen MR) is 75.8 cm³/mol. The van der Waals surface area contributed by atoms with E-state index in [1.165, 1.54) is 18.2 Å². The second-order valence-corrected chi connectivity index (χ2v) is 4.84. The average Bonchev–Trinajstić information content (AvgIpc) is 2.42. The molecule has 0 aliphatic rings. The minimum absolute atomic E-state index is 0.147. The molecule has 0 saturated carbocycles. The average molecular weight is 278 g/mol. The Bertz CT molecular complexity index is 545. The Balaban J connectivity index is 2.92. The van der Waals surface area contributed by atoms with E-state index in [-0.39, 0.29) is 12.5 Å². The van der Waals surface area contributed by atoms with Crippen molar-refractivity contribution in [3.63, 3.8) is 0 Å². The zero-order chi connectivity index (χ0) is 15.2. The summed E-state index contributed by atoms with van der Waals surface area (Å²) in [5, 5.41) is 2.74. The molecule has 108 valence electrons. The number of amides is 1. The quantitative estimate of drug-likeness (QED) is 0.816. The zero-order valence-electron chi connectivity index (χ0n) is 11.9. The Hall–Kier alpha value is -1.90. The molecule has 5 heteroatoms.